The van der Waals surface area contributed by atoms with Gasteiger partial charge in [0.25, 0.3) is 0 Å². The van der Waals surface area contributed by atoms with Crippen LogP contribution in [-0.4, -0.2) is 39.6 Å². The summed E-state index contributed by atoms with van der Waals surface area (Å²) in [6, 6.07) is 1.72. The number of thioether (sulfide) groups is 1. The molecule has 1 aliphatic heterocycles. The van der Waals surface area contributed by atoms with Gasteiger partial charge in [0.2, 0.25) is 5.91 Å². The van der Waals surface area contributed by atoms with E-state index in [2.05, 4.69) is 9.97 Å². The first kappa shape index (κ1) is 13.1. The van der Waals surface area contributed by atoms with E-state index in [4.69, 9.17) is 5.73 Å². The van der Waals surface area contributed by atoms with Crippen molar-refractivity contribution < 1.29 is 4.79 Å². The third kappa shape index (κ3) is 3.60. The van der Waals surface area contributed by atoms with Crippen LogP contribution in [0, 0.1) is 6.92 Å². The van der Waals surface area contributed by atoms with E-state index in [0.717, 1.165) is 31.6 Å². The Morgan fingerprint density at radius 1 is 1.39 bits per heavy atom. The van der Waals surface area contributed by atoms with E-state index in [0.29, 0.717) is 16.7 Å². The van der Waals surface area contributed by atoms with Crippen molar-refractivity contribution in [1.29, 1.82) is 0 Å². The van der Waals surface area contributed by atoms with Gasteiger partial charge in [0.15, 0.2) is 5.16 Å². The van der Waals surface area contributed by atoms with Crippen LogP contribution in [0.5, 0.6) is 0 Å². The van der Waals surface area contributed by atoms with Gasteiger partial charge in [-0.2, -0.15) is 0 Å². The first-order valence-corrected chi connectivity index (χ1v) is 7.15. The molecule has 0 unspecified atom stereocenters. The summed E-state index contributed by atoms with van der Waals surface area (Å²) in [6.45, 7) is 3.64. The third-order valence-electron chi connectivity index (χ3n) is 2.89. The van der Waals surface area contributed by atoms with Gasteiger partial charge in [0, 0.05) is 24.8 Å². The molecule has 1 aliphatic rings. The first-order chi connectivity index (χ1) is 8.65. The highest BCUT2D eigenvalue weighted by atomic mass is 32.2. The van der Waals surface area contributed by atoms with Gasteiger partial charge in [-0.1, -0.05) is 11.8 Å². The lowest BCUT2D eigenvalue weighted by atomic mass is 10.1. The highest BCUT2D eigenvalue weighted by Crippen LogP contribution is 2.17. The number of carbonyl (C=O) groups is 1. The molecule has 2 heterocycles. The van der Waals surface area contributed by atoms with Crippen molar-refractivity contribution in [2.75, 3.05) is 24.6 Å². The van der Waals surface area contributed by atoms with Gasteiger partial charge in [0.05, 0.1) is 5.75 Å². The minimum atomic E-state index is 0.170. The number of aromatic nitrogens is 2. The lowest BCUT2D eigenvalue weighted by Crippen LogP contribution is -2.36. The minimum Gasteiger partial charge on any atom is -0.384 e. The predicted octanol–water partition coefficient (Wildman–Crippen LogP) is 1.47. The lowest BCUT2D eigenvalue weighted by molar-refractivity contribution is -0.129. The summed E-state index contributed by atoms with van der Waals surface area (Å²) >= 11 is 1.36. The molecule has 0 aliphatic carbocycles. The van der Waals surface area contributed by atoms with Crippen LogP contribution >= 0.6 is 11.8 Å². The molecule has 2 N–H and O–H groups in total. The lowest BCUT2D eigenvalue weighted by Gasteiger charge is -2.26. The highest BCUT2D eigenvalue weighted by molar-refractivity contribution is 7.99. The van der Waals surface area contributed by atoms with Crippen molar-refractivity contribution in [1.82, 2.24) is 14.9 Å². The quantitative estimate of drug-likeness (QED) is 0.662. The molecule has 1 aromatic heterocycles. The van der Waals surface area contributed by atoms with Crippen LogP contribution in [0.3, 0.4) is 0 Å². The number of nitrogens with two attached hydrogens (primary N) is 1. The zero-order chi connectivity index (χ0) is 13.0. The average molecular weight is 266 g/mol. The second kappa shape index (κ2) is 6.04. The van der Waals surface area contributed by atoms with E-state index in [1.54, 1.807) is 6.07 Å². The maximum Gasteiger partial charge on any atom is 0.233 e. The van der Waals surface area contributed by atoms with Crippen LogP contribution in [0.1, 0.15) is 25.0 Å². The smallest absolute Gasteiger partial charge is 0.233 e. The third-order valence-corrected chi connectivity index (χ3v) is 3.72. The van der Waals surface area contributed by atoms with Gasteiger partial charge in [0.1, 0.15) is 5.82 Å². The molecule has 5 nitrogen and oxygen atoms in total. The van der Waals surface area contributed by atoms with Gasteiger partial charge >= 0.3 is 0 Å². The molecule has 0 aromatic carbocycles. The number of nitrogens with zero attached hydrogens (tertiary/aromatic N) is 3. The van der Waals surface area contributed by atoms with Gasteiger partial charge in [-0.15, -0.1) is 0 Å². The molecule has 6 heteroatoms. The van der Waals surface area contributed by atoms with Crippen LogP contribution in [-0.2, 0) is 4.79 Å². The Bertz CT molecular complexity index is 412. The van der Waals surface area contributed by atoms with Crippen LogP contribution in [0.2, 0.25) is 0 Å². The van der Waals surface area contributed by atoms with Crippen molar-refractivity contribution in [2.45, 2.75) is 31.3 Å². The molecule has 1 saturated heterocycles. The largest absolute Gasteiger partial charge is 0.384 e. The van der Waals surface area contributed by atoms with E-state index in [1.165, 1.54) is 18.2 Å². The number of hydrogen-bond acceptors (Lipinski definition) is 5. The second-order valence-corrected chi connectivity index (χ2v) is 5.39. The fraction of sp³-hybridized carbons (Fsp3) is 0.583. The van der Waals surface area contributed by atoms with Crippen molar-refractivity contribution in [3.05, 3.63) is 11.8 Å². The van der Waals surface area contributed by atoms with Crippen molar-refractivity contribution in [3.8, 4) is 0 Å². The fourth-order valence-corrected chi connectivity index (χ4v) is 2.80. The normalized spacial score (nSPS) is 15.7. The topological polar surface area (TPSA) is 72.1 Å². The Kier molecular flexibility index (Phi) is 4.41. The summed E-state index contributed by atoms with van der Waals surface area (Å²) in [7, 11) is 0. The molecule has 98 valence electrons. The summed E-state index contributed by atoms with van der Waals surface area (Å²) in [5.74, 6) is 1.02. The van der Waals surface area contributed by atoms with Crippen molar-refractivity contribution in [3.63, 3.8) is 0 Å². The standard InChI is InChI=1S/C12H18N4OS/c1-9-7-10(13)15-12(14-9)18-8-11(17)16-5-3-2-4-6-16/h7H,2-6,8H2,1H3,(H2,13,14,15). The Balaban J connectivity index is 1.88. The summed E-state index contributed by atoms with van der Waals surface area (Å²) in [5.41, 5.74) is 6.48. The maximum atomic E-state index is 12.0. The summed E-state index contributed by atoms with van der Waals surface area (Å²) in [6.07, 6.45) is 3.46. The Morgan fingerprint density at radius 3 is 2.78 bits per heavy atom. The summed E-state index contributed by atoms with van der Waals surface area (Å²) in [5, 5.41) is 0.581. The Morgan fingerprint density at radius 2 is 2.11 bits per heavy atom. The maximum absolute atomic E-state index is 12.0. The second-order valence-electron chi connectivity index (χ2n) is 4.45. The molecule has 2 rings (SSSR count). The van der Waals surface area contributed by atoms with Gasteiger partial charge in [-0.05, 0) is 26.2 Å². The number of nitrogen functional groups attached to an aromatic ring is 1. The van der Waals surface area contributed by atoms with Crippen molar-refractivity contribution >= 4 is 23.5 Å². The number of amides is 1. The van der Waals surface area contributed by atoms with Gasteiger partial charge < -0.3 is 10.6 Å². The number of carbonyl (C=O) groups excluding carboxylic acids is 1. The van der Waals surface area contributed by atoms with Crippen LogP contribution in [0.15, 0.2) is 11.2 Å². The first-order valence-electron chi connectivity index (χ1n) is 6.17. The predicted molar refractivity (Wildman–Crippen MR) is 72.3 cm³/mol. The highest BCUT2D eigenvalue weighted by Gasteiger charge is 2.16. The van der Waals surface area contributed by atoms with Crippen LogP contribution < -0.4 is 5.73 Å². The van der Waals surface area contributed by atoms with E-state index in [-0.39, 0.29) is 5.91 Å². The van der Waals surface area contributed by atoms with Crippen LogP contribution in [0.25, 0.3) is 0 Å². The van der Waals surface area contributed by atoms with E-state index >= 15 is 0 Å². The number of hydrogen-bond donors (Lipinski definition) is 1. The Hall–Kier alpha value is -1.30. The molecule has 0 saturated carbocycles. The Labute approximate surface area is 111 Å². The number of piperidine rings is 1. The van der Waals surface area contributed by atoms with E-state index in [9.17, 15) is 4.79 Å². The minimum absolute atomic E-state index is 0.170. The molecule has 1 fully saturated rings. The number of aryl methyl sites for hydroxylation is 1. The SMILES string of the molecule is Cc1cc(N)nc(SCC(=O)N2CCCCC2)n1. The monoisotopic (exact) mass is 266 g/mol. The molecule has 1 aromatic rings. The van der Waals surface area contributed by atoms with E-state index < -0.39 is 0 Å². The molecular formula is C12H18N4OS. The molecule has 18 heavy (non-hydrogen) atoms. The molecule has 0 radical (unpaired) electrons. The number of likely N-dealkylation sites (tertiary alicyclic amines) is 1. The fourth-order valence-electron chi connectivity index (χ4n) is 1.99. The van der Waals surface area contributed by atoms with Gasteiger partial charge in [-0.25, -0.2) is 9.97 Å². The summed E-state index contributed by atoms with van der Waals surface area (Å²) < 4.78 is 0. The molecule has 0 atom stereocenters. The molecule has 0 spiro atoms. The van der Waals surface area contributed by atoms with E-state index in [1.807, 2.05) is 11.8 Å². The molecular weight excluding hydrogens is 248 g/mol. The molecule has 1 amide bonds. The molecule has 0 bridgehead atoms. The summed E-state index contributed by atoms with van der Waals surface area (Å²) in [4.78, 5) is 22.2. The zero-order valence-electron chi connectivity index (χ0n) is 10.6. The van der Waals surface area contributed by atoms with Gasteiger partial charge in [-0.3, -0.25) is 4.79 Å². The average Bonchev–Trinajstić information content (AvgIpc) is 2.36. The van der Waals surface area contributed by atoms with Crippen molar-refractivity contribution in [2.24, 2.45) is 0 Å². The number of anilines is 1. The number of rotatable bonds is 3. The van der Waals surface area contributed by atoms with Crippen LogP contribution in [0.4, 0.5) is 5.82 Å². The zero-order valence-corrected chi connectivity index (χ0v) is 11.4.